The van der Waals surface area contributed by atoms with Gasteiger partial charge in [0.15, 0.2) is 0 Å². The molecule has 1 saturated heterocycles. The van der Waals surface area contributed by atoms with Crippen LogP contribution >= 0.6 is 0 Å². The average molecular weight is 403 g/mol. The normalized spacial score (nSPS) is 15.3. The Morgan fingerprint density at radius 3 is 2.50 bits per heavy atom. The number of carbonyl (C=O) groups is 1. The van der Waals surface area contributed by atoms with E-state index >= 15 is 0 Å². The molecule has 0 bridgehead atoms. The first-order valence-corrected chi connectivity index (χ1v) is 10.8. The lowest BCUT2D eigenvalue weighted by Crippen LogP contribution is -2.32. The highest BCUT2D eigenvalue weighted by Gasteiger charge is 2.21. The molecule has 5 heteroatoms. The molecule has 0 unspecified atom stereocenters. The fraction of sp³-hybridized carbons (Fsp3) is 0.360. The standard InChI is InChI=1S/C25H30N4O/c1-19-8-6-7-11-22(19)24-23(18-29(27-24)21-9-4-3-5-10-21)25(30)26-15-12-20-13-16-28(2)17-14-20/h3-11,18,20H,12-17H2,1-2H3,(H,26,30). The van der Waals surface area contributed by atoms with Gasteiger partial charge in [-0.15, -0.1) is 0 Å². The van der Waals surface area contributed by atoms with Gasteiger partial charge in [0, 0.05) is 18.3 Å². The van der Waals surface area contributed by atoms with Crippen LogP contribution in [-0.4, -0.2) is 47.3 Å². The molecule has 3 aromatic rings. The van der Waals surface area contributed by atoms with Crippen LogP contribution in [0.15, 0.2) is 60.8 Å². The molecule has 1 amide bonds. The Kier molecular flexibility index (Phi) is 6.29. The molecule has 2 heterocycles. The zero-order valence-electron chi connectivity index (χ0n) is 17.8. The molecule has 1 fully saturated rings. The molecule has 4 rings (SSSR count). The minimum atomic E-state index is -0.0524. The Hall–Kier alpha value is -2.92. The highest BCUT2D eigenvalue weighted by atomic mass is 16.1. The summed E-state index contributed by atoms with van der Waals surface area (Å²) in [5, 5.41) is 7.94. The molecule has 1 aliphatic heterocycles. The summed E-state index contributed by atoms with van der Waals surface area (Å²) < 4.78 is 1.80. The van der Waals surface area contributed by atoms with Crippen LogP contribution < -0.4 is 5.32 Å². The molecule has 1 aromatic heterocycles. The number of piperidine rings is 1. The van der Waals surface area contributed by atoms with Crippen molar-refractivity contribution in [3.8, 4) is 16.9 Å². The van der Waals surface area contributed by atoms with Gasteiger partial charge < -0.3 is 10.2 Å². The fourth-order valence-electron chi connectivity index (χ4n) is 4.13. The molecule has 0 aliphatic carbocycles. The Bertz CT molecular complexity index is 987. The Labute approximate surface area is 178 Å². The van der Waals surface area contributed by atoms with Gasteiger partial charge in [0.05, 0.1) is 11.3 Å². The number of hydrogen-bond donors (Lipinski definition) is 1. The number of aryl methyl sites for hydroxylation is 1. The number of likely N-dealkylation sites (tertiary alicyclic amines) is 1. The van der Waals surface area contributed by atoms with Crippen LogP contribution in [0.3, 0.4) is 0 Å². The van der Waals surface area contributed by atoms with Gasteiger partial charge in [0.1, 0.15) is 5.69 Å². The molecule has 2 aromatic carbocycles. The maximum atomic E-state index is 13.1. The van der Waals surface area contributed by atoms with Gasteiger partial charge in [-0.1, -0.05) is 42.5 Å². The first-order valence-electron chi connectivity index (χ1n) is 10.8. The van der Waals surface area contributed by atoms with Crippen LogP contribution in [0.1, 0.15) is 35.2 Å². The minimum Gasteiger partial charge on any atom is -0.352 e. The summed E-state index contributed by atoms with van der Waals surface area (Å²) in [6.45, 7) is 5.06. The maximum absolute atomic E-state index is 13.1. The lowest BCUT2D eigenvalue weighted by molar-refractivity contribution is 0.0949. The van der Waals surface area contributed by atoms with E-state index in [-0.39, 0.29) is 5.91 Å². The Balaban J connectivity index is 1.54. The van der Waals surface area contributed by atoms with E-state index in [1.807, 2.05) is 54.7 Å². The molecule has 0 spiro atoms. The summed E-state index contributed by atoms with van der Waals surface area (Å²) in [4.78, 5) is 15.5. The minimum absolute atomic E-state index is 0.0524. The van der Waals surface area contributed by atoms with E-state index in [0.717, 1.165) is 42.0 Å². The third-order valence-corrected chi connectivity index (χ3v) is 6.06. The Morgan fingerprint density at radius 2 is 1.77 bits per heavy atom. The quantitative estimate of drug-likeness (QED) is 0.668. The van der Waals surface area contributed by atoms with Crippen molar-refractivity contribution in [2.75, 3.05) is 26.7 Å². The summed E-state index contributed by atoms with van der Waals surface area (Å²) >= 11 is 0. The van der Waals surface area contributed by atoms with E-state index in [1.54, 1.807) is 4.68 Å². The van der Waals surface area contributed by atoms with Gasteiger partial charge in [-0.3, -0.25) is 4.79 Å². The molecular formula is C25H30N4O. The largest absolute Gasteiger partial charge is 0.352 e. The van der Waals surface area contributed by atoms with Crippen molar-refractivity contribution in [3.05, 3.63) is 71.9 Å². The van der Waals surface area contributed by atoms with Crippen molar-refractivity contribution in [3.63, 3.8) is 0 Å². The zero-order chi connectivity index (χ0) is 20.9. The molecule has 30 heavy (non-hydrogen) atoms. The van der Waals surface area contributed by atoms with Crippen LogP contribution in [0, 0.1) is 12.8 Å². The molecule has 0 radical (unpaired) electrons. The van der Waals surface area contributed by atoms with Crippen molar-refractivity contribution in [2.45, 2.75) is 26.2 Å². The van der Waals surface area contributed by atoms with Crippen molar-refractivity contribution in [1.29, 1.82) is 0 Å². The predicted octanol–water partition coefficient (Wildman–Crippen LogP) is 4.31. The van der Waals surface area contributed by atoms with E-state index in [0.29, 0.717) is 18.0 Å². The summed E-state index contributed by atoms with van der Waals surface area (Å²) in [6.07, 6.45) is 5.31. The van der Waals surface area contributed by atoms with E-state index in [4.69, 9.17) is 5.10 Å². The average Bonchev–Trinajstić information content (AvgIpc) is 3.21. The number of para-hydroxylation sites is 1. The predicted molar refractivity (Wildman–Crippen MR) is 121 cm³/mol. The maximum Gasteiger partial charge on any atom is 0.255 e. The third kappa shape index (κ3) is 4.62. The highest BCUT2D eigenvalue weighted by Crippen LogP contribution is 2.27. The first kappa shape index (κ1) is 20.4. The summed E-state index contributed by atoms with van der Waals surface area (Å²) in [5.41, 5.74) is 4.40. The molecule has 1 N–H and O–H groups in total. The molecule has 156 valence electrons. The second kappa shape index (κ2) is 9.26. The molecule has 0 atom stereocenters. The second-order valence-electron chi connectivity index (χ2n) is 8.28. The van der Waals surface area contributed by atoms with Crippen LogP contribution in [0.4, 0.5) is 0 Å². The summed E-state index contributed by atoms with van der Waals surface area (Å²) in [7, 11) is 2.18. The summed E-state index contributed by atoms with van der Waals surface area (Å²) in [6, 6.07) is 18.0. The third-order valence-electron chi connectivity index (χ3n) is 6.06. The smallest absolute Gasteiger partial charge is 0.255 e. The number of nitrogens with one attached hydrogen (secondary N) is 1. The topological polar surface area (TPSA) is 50.2 Å². The monoisotopic (exact) mass is 402 g/mol. The Morgan fingerprint density at radius 1 is 1.07 bits per heavy atom. The molecule has 0 saturated carbocycles. The van der Waals surface area contributed by atoms with Crippen molar-refractivity contribution >= 4 is 5.91 Å². The van der Waals surface area contributed by atoms with E-state index in [1.165, 1.54) is 12.8 Å². The molecule has 5 nitrogen and oxygen atoms in total. The van der Waals surface area contributed by atoms with Crippen LogP contribution in [-0.2, 0) is 0 Å². The number of benzene rings is 2. The number of aromatic nitrogens is 2. The molecular weight excluding hydrogens is 372 g/mol. The van der Waals surface area contributed by atoms with Crippen molar-refractivity contribution < 1.29 is 4.79 Å². The fourth-order valence-corrected chi connectivity index (χ4v) is 4.13. The zero-order valence-corrected chi connectivity index (χ0v) is 17.8. The van der Waals surface area contributed by atoms with Gasteiger partial charge in [-0.2, -0.15) is 5.10 Å². The second-order valence-corrected chi connectivity index (χ2v) is 8.28. The first-order chi connectivity index (χ1) is 14.6. The van der Waals surface area contributed by atoms with Crippen molar-refractivity contribution in [1.82, 2.24) is 20.0 Å². The highest BCUT2D eigenvalue weighted by molar-refractivity contribution is 6.00. The van der Waals surface area contributed by atoms with Crippen LogP contribution in [0.2, 0.25) is 0 Å². The number of amides is 1. The van der Waals surface area contributed by atoms with Gasteiger partial charge in [0.2, 0.25) is 0 Å². The SMILES string of the molecule is Cc1ccccc1-c1nn(-c2ccccc2)cc1C(=O)NCCC1CCN(C)CC1. The number of hydrogen-bond acceptors (Lipinski definition) is 3. The van der Waals surface area contributed by atoms with E-state index in [2.05, 4.69) is 30.3 Å². The summed E-state index contributed by atoms with van der Waals surface area (Å²) in [5.74, 6) is 0.646. The van der Waals surface area contributed by atoms with Gasteiger partial charge in [-0.25, -0.2) is 4.68 Å². The number of nitrogens with zero attached hydrogens (tertiary/aromatic N) is 3. The van der Waals surface area contributed by atoms with Crippen molar-refractivity contribution in [2.24, 2.45) is 5.92 Å². The van der Waals surface area contributed by atoms with Gasteiger partial charge in [0.25, 0.3) is 5.91 Å². The van der Waals surface area contributed by atoms with E-state index < -0.39 is 0 Å². The lowest BCUT2D eigenvalue weighted by atomic mass is 9.94. The lowest BCUT2D eigenvalue weighted by Gasteiger charge is -2.28. The molecule has 1 aliphatic rings. The van der Waals surface area contributed by atoms with Crippen LogP contribution in [0.25, 0.3) is 16.9 Å². The van der Waals surface area contributed by atoms with Gasteiger partial charge in [-0.05, 0) is 69.9 Å². The number of rotatable bonds is 6. The van der Waals surface area contributed by atoms with E-state index in [9.17, 15) is 4.79 Å². The van der Waals surface area contributed by atoms with Gasteiger partial charge >= 0.3 is 0 Å². The van der Waals surface area contributed by atoms with Crippen LogP contribution in [0.5, 0.6) is 0 Å². The number of carbonyl (C=O) groups excluding carboxylic acids is 1.